The van der Waals surface area contributed by atoms with Gasteiger partial charge in [-0.1, -0.05) is 48.3 Å². The summed E-state index contributed by atoms with van der Waals surface area (Å²) < 4.78 is 11.5. The van der Waals surface area contributed by atoms with E-state index in [0.717, 1.165) is 29.8 Å². The highest BCUT2D eigenvalue weighted by atomic mass is 35.5. The Balaban J connectivity index is 2.17. The molecular weight excluding hydrogens is 345 g/mol. The van der Waals surface area contributed by atoms with Gasteiger partial charge in [-0.3, -0.25) is 0 Å². The van der Waals surface area contributed by atoms with Gasteiger partial charge in [0.2, 0.25) is 0 Å². The van der Waals surface area contributed by atoms with Crippen LogP contribution in [0.5, 0.6) is 11.5 Å². The van der Waals surface area contributed by atoms with Gasteiger partial charge in [0.15, 0.2) is 11.5 Å². The molecule has 0 unspecified atom stereocenters. The van der Waals surface area contributed by atoms with Gasteiger partial charge in [0.1, 0.15) is 6.61 Å². The number of rotatable bonds is 8. The molecule has 130 valence electrons. The quantitative estimate of drug-likeness (QED) is 0.670. The maximum absolute atomic E-state index is 6.22. The molecule has 3 nitrogen and oxygen atoms in total. The Hall–Kier alpha value is -1.42. The van der Waals surface area contributed by atoms with Crippen molar-refractivity contribution in [1.29, 1.82) is 0 Å². The lowest BCUT2D eigenvalue weighted by Crippen LogP contribution is -2.24. The summed E-state index contributed by atoms with van der Waals surface area (Å²) >= 11 is 12.2. The van der Waals surface area contributed by atoms with Crippen LogP contribution >= 0.6 is 23.2 Å². The van der Waals surface area contributed by atoms with Gasteiger partial charge in [-0.2, -0.15) is 0 Å². The van der Waals surface area contributed by atoms with Crippen molar-refractivity contribution >= 4 is 23.2 Å². The van der Waals surface area contributed by atoms with Crippen LogP contribution in [0, 0.1) is 0 Å². The highest BCUT2D eigenvalue weighted by molar-refractivity contribution is 6.35. The summed E-state index contributed by atoms with van der Waals surface area (Å²) in [5.74, 6) is 1.45. The van der Waals surface area contributed by atoms with E-state index >= 15 is 0 Å². The highest BCUT2D eigenvalue weighted by Crippen LogP contribution is 2.32. The average molecular weight is 368 g/mol. The van der Waals surface area contributed by atoms with E-state index in [-0.39, 0.29) is 0 Å². The fourth-order valence-electron chi connectivity index (χ4n) is 2.24. The molecule has 0 fully saturated rings. The SMILES string of the molecule is CC[C@@H](C)NCc1cccc(OC)c1OCc1ccc(Cl)cc1Cl. The smallest absolute Gasteiger partial charge is 0.166 e. The molecule has 0 aliphatic heterocycles. The zero-order valence-electron chi connectivity index (χ0n) is 14.2. The first-order chi connectivity index (χ1) is 11.5. The van der Waals surface area contributed by atoms with Crippen LogP contribution in [0.2, 0.25) is 10.0 Å². The number of methoxy groups -OCH3 is 1. The third kappa shape index (κ3) is 5.04. The van der Waals surface area contributed by atoms with Gasteiger partial charge < -0.3 is 14.8 Å². The molecule has 24 heavy (non-hydrogen) atoms. The Morgan fingerprint density at radius 3 is 2.58 bits per heavy atom. The van der Waals surface area contributed by atoms with Crippen molar-refractivity contribution in [3.63, 3.8) is 0 Å². The van der Waals surface area contributed by atoms with Crippen LogP contribution in [0.1, 0.15) is 31.4 Å². The summed E-state index contributed by atoms with van der Waals surface area (Å²) in [6, 6.07) is 11.7. The molecule has 0 amide bonds. The molecule has 1 N–H and O–H groups in total. The molecule has 2 aromatic rings. The second-order valence-electron chi connectivity index (χ2n) is 5.66. The minimum absolute atomic E-state index is 0.354. The normalized spacial score (nSPS) is 12.0. The van der Waals surface area contributed by atoms with E-state index in [4.69, 9.17) is 32.7 Å². The molecule has 0 saturated heterocycles. The number of nitrogens with one attached hydrogen (secondary N) is 1. The Morgan fingerprint density at radius 2 is 1.92 bits per heavy atom. The van der Waals surface area contributed by atoms with Crippen LogP contribution < -0.4 is 14.8 Å². The molecule has 0 saturated carbocycles. The summed E-state index contributed by atoms with van der Waals surface area (Å²) in [6.45, 7) is 5.39. The molecule has 2 aromatic carbocycles. The number of halogens is 2. The van der Waals surface area contributed by atoms with E-state index < -0.39 is 0 Å². The van der Waals surface area contributed by atoms with Gasteiger partial charge >= 0.3 is 0 Å². The lowest BCUT2D eigenvalue weighted by atomic mass is 10.1. The molecule has 0 radical (unpaired) electrons. The third-order valence-electron chi connectivity index (χ3n) is 3.92. The van der Waals surface area contributed by atoms with E-state index in [1.54, 1.807) is 19.2 Å². The molecule has 0 aromatic heterocycles. The molecule has 0 heterocycles. The van der Waals surface area contributed by atoms with E-state index in [1.807, 2.05) is 24.3 Å². The topological polar surface area (TPSA) is 30.5 Å². The summed E-state index contributed by atoms with van der Waals surface area (Å²) in [4.78, 5) is 0. The van der Waals surface area contributed by atoms with E-state index in [2.05, 4.69) is 19.2 Å². The van der Waals surface area contributed by atoms with Gasteiger partial charge in [-0.15, -0.1) is 0 Å². The minimum Gasteiger partial charge on any atom is -0.493 e. The van der Waals surface area contributed by atoms with Crippen molar-refractivity contribution in [3.8, 4) is 11.5 Å². The van der Waals surface area contributed by atoms with Crippen molar-refractivity contribution in [2.45, 2.75) is 39.5 Å². The van der Waals surface area contributed by atoms with Crippen LogP contribution in [0.15, 0.2) is 36.4 Å². The van der Waals surface area contributed by atoms with Gasteiger partial charge in [-0.25, -0.2) is 0 Å². The van der Waals surface area contributed by atoms with Gasteiger partial charge in [0.25, 0.3) is 0 Å². The van der Waals surface area contributed by atoms with Crippen LogP contribution in [-0.4, -0.2) is 13.2 Å². The zero-order valence-corrected chi connectivity index (χ0v) is 15.7. The minimum atomic E-state index is 0.354. The molecule has 2 rings (SSSR count). The second kappa shape index (κ2) is 9.16. The standard InChI is InChI=1S/C19H23Cl2NO2/c1-4-13(2)22-11-14-6-5-7-18(23-3)19(14)24-12-15-8-9-16(20)10-17(15)21/h5-10,13,22H,4,11-12H2,1-3H3/t13-/m1/s1. The monoisotopic (exact) mass is 367 g/mol. The largest absolute Gasteiger partial charge is 0.493 e. The Labute approximate surface area is 153 Å². The number of hydrogen-bond donors (Lipinski definition) is 1. The zero-order chi connectivity index (χ0) is 17.5. The number of hydrogen-bond acceptors (Lipinski definition) is 3. The first-order valence-corrected chi connectivity index (χ1v) is 8.76. The van der Waals surface area contributed by atoms with Crippen LogP contribution in [0.3, 0.4) is 0 Å². The fourth-order valence-corrected chi connectivity index (χ4v) is 2.71. The maximum atomic E-state index is 6.22. The predicted octanol–water partition coefficient (Wildman–Crippen LogP) is 5.47. The molecule has 0 aliphatic carbocycles. The maximum Gasteiger partial charge on any atom is 0.166 e. The van der Waals surface area contributed by atoms with Gasteiger partial charge in [0.05, 0.1) is 7.11 Å². The fraction of sp³-hybridized carbons (Fsp3) is 0.368. The molecule has 0 bridgehead atoms. The first kappa shape index (κ1) is 18.9. The lowest BCUT2D eigenvalue weighted by Gasteiger charge is -2.17. The number of benzene rings is 2. The molecular formula is C19H23Cl2NO2. The van der Waals surface area contributed by atoms with Gasteiger partial charge in [0, 0.05) is 33.8 Å². The van der Waals surface area contributed by atoms with E-state index in [1.165, 1.54) is 0 Å². The average Bonchev–Trinajstić information content (AvgIpc) is 2.59. The summed E-state index contributed by atoms with van der Waals surface area (Å²) in [6.07, 6.45) is 1.07. The lowest BCUT2D eigenvalue weighted by molar-refractivity contribution is 0.280. The first-order valence-electron chi connectivity index (χ1n) is 8.01. The Kier molecular flexibility index (Phi) is 7.22. The van der Waals surface area contributed by atoms with Crippen LogP contribution in [0.4, 0.5) is 0 Å². The summed E-state index contributed by atoms with van der Waals surface area (Å²) in [5.41, 5.74) is 1.94. The molecule has 1 atom stereocenters. The molecule has 0 aliphatic rings. The third-order valence-corrected chi connectivity index (χ3v) is 4.51. The van der Waals surface area contributed by atoms with Crippen molar-refractivity contribution in [1.82, 2.24) is 5.32 Å². The number of ether oxygens (including phenoxy) is 2. The Morgan fingerprint density at radius 1 is 1.12 bits per heavy atom. The van der Waals surface area contributed by atoms with Crippen molar-refractivity contribution in [2.75, 3.05) is 7.11 Å². The molecule has 5 heteroatoms. The number of para-hydroxylation sites is 1. The van der Waals surface area contributed by atoms with E-state index in [9.17, 15) is 0 Å². The highest BCUT2D eigenvalue weighted by Gasteiger charge is 2.12. The molecule has 0 spiro atoms. The van der Waals surface area contributed by atoms with E-state index in [0.29, 0.717) is 28.4 Å². The predicted molar refractivity (Wildman–Crippen MR) is 100 cm³/mol. The van der Waals surface area contributed by atoms with Crippen molar-refractivity contribution < 1.29 is 9.47 Å². The van der Waals surface area contributed by atoms with Crippen LogP contribution in [-0.2, 0) is 13.2 Å². The van der Waals surface area contributed by atoms with Crippen molar-refractivity contribution in [2.24, 2.45) is 0 Å². The second-order valence-corrected chi connectivity index (χ2v) is 6.51. The summed E-state index contributed by atoms with van der Waals surface area (Å²) in [7, 11) is 1.64. The van der Waals surface area contributed by atoms with Crippen molar-refractivity contribution in [3.05, 3.63) is 57.6 Å². The Bertz CT molecular complexity index is 676. The summed E-state index contributed by atoms with van der Waals surface area (Å²) in [5, 5.41) is 4.68. The van der Waals surface area contributed by atoms with Gasteiger partial charge in [-0.05, 0) is 31.5 Å². The van der Waals surface area contributed by atoms with Crippen LogP contribution in [0.25, 0.3) is 0 Å².